The quantitative estimate of drug-likeness (QED) is 0.390. The van der Waals surface area contributed by atoms with Gasteiger partial charge in [-0.25, -0.2) is 0 Å². The summed E-state index contributed by atoms with van der Waals surface area (Å²) in [5.74, 6) is 0.493. The summed E-state index contributed by atoms with van der Waals surface area (Å²) in [5.41, 5.74) is 2.11. The molecular formula is C26H34Br2N2O3. The second-order valence-electron chi connectivity index (χ2n) is 9.65. The molecule has 33 heavy (non-hydrogen) atoms. The van der Waals surface area contributed by atoms with Crippen molar-refractivity contribution in [1.29, 1.82) is 0 Å². The molecule has 0 aromatic heterocycles. The van der Waals surface area contributed by atoms with E-state index in [1.165, 1.54) is 5.56 Å². The van der Waals surface area contributed by atoms with Crippen molar-refractivity contribution < 1.29 is 14.3 Å². The molecule has 5 nitrogen and oxygen atoms in total. The van der Waals surface area contributed by atoms with E-state index in [2.05, 4.69) is 57.9 Å². The number of carbonyl (C=O) groups excluding carboxylic acids is 2. The van der Waals surface area contributed by atoms with Crippen molar-refractivity contribution in [1.82, 2.24) is 10.2 Å². The highest BCUT2D eigenvalue weighted by Gasteiger charge is 2.27. The molecule has 2 rings (SSSR count). The van der Waals surface area contributed by atoms with Crippen LogP contribution in [0.1, 0.15) is 52.7 Å². The van der Waals surface area contributed by atoms with Gasteiger partial charge in [-0.05, 0) is 69.6 Å². The van der Waals surface area contributed by atoms with Crippen LogP contribution < -0.4 is 10.1 Å². The molecule has 0 aliphatic heterocycles. The van der Waals surface area contributed by atoms with E-state index in [4.69, 9.17) is 4.74 Å². The second kappa shape index (κ2) is 12.0. The molecular weight excluding hydrogens is 548 g/mol. The zero-order valence-corrected chi connectivity index (χ0v) is 23.4. The summed E-state index contributed by atoms with van der Waals surface area (Å²) in [6.45, 7) is 13.0. The van der Waals surface area contributed by atoms with Gasteiger partial charge >= 0.3 is 0 Å². The normalized spacial score (nSPS) is 12.4. The minimum absolute atomic E-state index is 0.0110. The molecule has 1 atom stereocenters. The van der Waals surface area contributed by atoms with Gasteiger partial charge in [0, 0.05) is 17.6 Å². The predicted molar refractivity (Wildman–Crippen MR) is 140 cm³/mol. The number of ether oxygens (including phenoxy) is 1. The summed E-state index contributed by atoms with van der Waals surface area (Å²) in [6, 6.07) is 13.0. The summed E-state index contributed by atoms with van der Waals surface area (Å²) in [6.07, 6.45) is 0. The van der Waals surface area contributed by atoms with Crippen LogP contribution in [0.5, 0.6) is 5.75 Å². The number of nitrogens with one attached hydrogen (secondary N) is 1. The molecule has 0 saturated carbocycles. The number of carbonyl (C=O) groups is 2. The highest BCUT2D eigenvalue weighted by molar-refractivity contribution is 9.10. The first-order valence-corrected chi connectivity index (χ1v) is 12.7. The van der Waals surface area contributed by atoms with Crippen molar-refractivity contribution in [3.63, 3.8) is 0 Å². The maximum absolute atomic E-state index is 13.2. The molecule has 2 amide bonds. The Hall–Kier alpha value is -1.86. The summed E-state index contributed by atoms with van der Waals surface area (Å²) >= 11 is 6.99. The van der Waals surface area contributed by atoms with Gasteiger partial charge in [0.15, 0.2) is 6.61 Å². The van der Waals surface area contributed by atoms with Crippen LogP contribution in [0.3, 0.4) is 0 Å². The summed E-state index contributed by atoms with van der Waals surface area (Å²) in [7, 11) is 0. The fraction of sp³-hybridized carbons (Fsp3) is 0.462. The Labute approximate surface area is 214 Å². The van der Waals surface area contributed by atoms with Crippen LogP contribution in [-0.4, -0.2) is 35.9 Å². The van der Waals surface area contributed by atoms with Crippen molar-refractivity contribution in [2.45, 2.75) is 59.5 Å². The van der Waals surface area contributed by atoms with Crippen LogP contribution in [0, 0.1) is 5.92 Å². The Morgan fingerprint density at radius 1 is 1.03 bits per heavy atom. The maximum Gasteiger partial charge on any atom is 0.261 e. The summed E-state index contributed by atoms with van der Waals surface area (Å²) in [4.78, 5) is 27.5. The molecule has 1 unspecified atom stereocenters. The Kier molecular flexibility index (Phi) is 9.98. The van der Waals surface area contributed by atoms with Crippen LogP contribution >= 0.6 is 31.9 Å². The van der Waals surface area contributed by atoms with Crippen LogP contribution in [0.15, 0.2) is 51.4 Å². The zero-order valence-electron chi connectivity index (χ0n) is 20.2. The molecule has 0 bridgehead atoms. The molecule has 2 aromatic carbocycles. The van der Waals surface area contributed by atoms with E-state index < -0.39 is 6.04 Å². The monoisotopic (exact) mass is 580 g/mol. The maximum atomic E-state index is 13.2. The van der Waals surface area contributed by atoms with Gasteiger partial charge in [0.1, 0.15) is 11.8 Å². The van der Waals surface area contributed by atoms with Crippen molar-refractivity contribution in [3.05, 3.63) is 62.5 Å². The van der Waals surface area contributed by atoms with Crippen LogP contribution in [0.2, 0.25) is 0 Å². The first-order valence-electron chi connectivity index (χ1n) is 11.1. The number of halogens is 2. The fourth-order valence-electron chi connectivity index (χ4n) is 3.13. The van der Waals surface area contributed by atoms with Crippen molar-refractivity contribution in [3.8, 4) is 5.75 Å². The van der Waals surface area contributed by atoms with Crippen LogP contribution in [0.4, 0.5) is 0 Å². The first kappa shape index (κ1) is 27.4. The standard InChI is InChI=1S/C26H34Br2N2O3/c1-17(2)14-29-25(32)18(3)30(15-19-7-10-21(27)11-8-19)24(31)16-33-23-12-9-20(13-22(23)28)26(4,5)6/h7-13,17-18H,14-16H2,1-6H3,(H,29,32). The van der Waals surface area contributed by atoms with Crippen LogP contribution in [0.25, 0.3) is 0 Å². The summed E-state index contributed by atoms with van der Waals surface area (Å²) < 4.78 is 7.61. The van der Waals surface area contributed by atoms with Crippen molar-refractivity contribution in [2.24, 2.45) is 5.92 Å². The molecule has 1 N–H and O–H groups in total. The lowest BCUT2D eigenvalue weighted by Crippen LogP contribution is -2.49. The number of benzene rings is 2. The zero-order chi connectivity index (χ0) is 24.8. The fourth-order valence-corrected chi connectivity index (χ4v) is 3.89. The van der Waals surface area contributed by atoms with Gasteiger partial charge < -0.3 is 15.0 Å². The molecule has 0 radical (unpaired) electrons. The minimum Gasteiger partial charge on any atom is -0.483 e. The molecule has 0 aliphatic rings. The van der Waals surface area contributed by atoms with Gasteiger partial charge in [-0.3, -0.25) is 9.59 Å². The van der Waals surface area contributed by atoms with Gasteiger partial charge in [-0.15, -0.1) is 0 Å². The first-order chi connectivity index (χ1) is 15.4. The predicted octanol–water partition coefficient (Wildman–Crippen LogP) is 6.08. The number of rotatable bonds is 9. The lowest BCUT2D eigenvalue weighted by molar-refractivity contribution is -0.142. The molecule has 7 heteroatoms. The number of hydrogen-bond acceptors (Lipinski definition) is 3. The summed E-state index contributed by atoms with van der Waals surface area (Å²) in [5, 5.41) is 2.93. The van der Waals surface area contributed by atoms with Gasteiger partial charge in [-0.1, -0.05) is 68.7 Å². The Morgan fingerprint density at radius 3 is 2.21 bits per heavy atom. The van der Waals surface area contributed by atoms with Gasteiger partial charge in [0.25, 0.3) is 5.91 Å². The number of hydrogen-bond donors (Lipinski definition) is 1. The van der Waals surface area contributed by atoms with E-state index in [0.29, 0.717) is 24.8 Å². The third kappa shape index (κ3) is 8.45. The van der Waals surface area contributed by atoms with Gasteiger partial charge in [0.2, 0.25) is 5.91 Å². The van der Waals surface area contributed by atoms with E-state index in [0.717, 1.165) is 14.5 Å². The molecule has 0 spiro atoms. The lowest BCUT2D eigenvalue weighted by atomic mass is 9.87. The molecule has 2 aromatic rings. The average Bonchev–Trinajstić information content (AvgIpc) is 2.74. The molecule has 0 heterocycles. The lowest BCUT2D eigenvalue weighted by Gasteiger charge is -2.29. The Balaban J connectivity index is 2.16. The van der Waals surface area contributed by atoms with Gasteiger partial charge in [0.05, 0.1) is 4.47 Å². The highest BCUT2D eigenvalue weighted by atomic mass is 79.9. The van der Waals surface area contributed by atoms with Crippen molar-refractivity contribution in [2.75, 3.05) is 13.2 Å². The second-order valence-corrected chi connectivity index (χ2v) is 11.4. The Morgan fingerprint density at radius 2 is 1.67 bits per heavy atom. The number of nitrogens with zero attached hydrogens (tertiary/aromatic N) is 1. The molecule has 0 aliphatic carbocycles. The van der Waals surface area contributed by atoms with E-state index >= 15 is 0 Å². The third-order valence-electron chi connectivity index (χ3n) is 5.27. The average molecular weight is 582 g/mol. The molecule has 180 valence electrons. The largest absolute Gasteiger partial charge is 0.483 e. The number of amides is 2. The minimum atomic E-state index is -0.629. The smallest absolute Gasteiger partial charge is 0.261 e. The van der Waals surface area contributed by atoms with E-state index in [1.807, 2.05) is 56.3 Å². The van der Waals surface area contributed by atoms with E-state index in [9.17, 15) is 9.59 Å². The van der Waals surface area contributed by atoms with Gasteiger partial charge in [-0.2, -0.15) is 0 Å². The molecule has 0 saturated heterocycles. The SMILES string of the molecule is CC(C)CNC(=O)C(C)N(Cc1ccc(Br)cc1)C(=O)COc1ccc(C(C)(C)C)cc1Br. The molecule has 0 fully saturated rings. The topological polar surface area (TPSA) is 58.6 Å². The third-order valence-corrected chi connectivity index (χ3v) is 6.42. The van der Waals surface area contributed by atoms with E-state index in [1.54, 1.807) is 11.8 Å². The van der Waals surface area contributed by atoms with Crippen molar-refractivity contribution >= 4 is 43.7 Å². The van der Waals surface area contributed by atoms with Crippen LogP contribution in [-0.2, 0) is 21.5 Å². The highest BCUT2D eigenvalue weighted by Crippen LogP contribution is 2.31. The Bertz CT molecular complexity index is 953. The van der Waals surface area contributed by atoms with E-state index in [-0.39, 0.29) is 23.8 Å².